The highest BCUT2D eigenvalue weighted by atomic mass is 31.1. The van der Waals surface area contributed by atoms with E-state index in [0.29, 0.717) is 0 Å². The highest BCUT2D eigenvalue weighted by Crippen LogP contribution is 2.35. The third-order valence-corrected chi connectivity index (χ3v) is 12.2. The summed E-state index contributed by atoms with van der Waals surface area (Å²) in [6.45, 7) is 11.3. The molecule has 0 fully saturated rings. The number of benzene rings is 4. The Balaban J connectivity index is 1.52. The first-order valence-corrected chi connectivity index (χ1v) is 17.0. The summed E-state index contributed by atoms with van der Waals surface area (Å²) in [7, 11) is -0.761. The van der Waals surface area contributed by atoms with Crippen LogP contribution in [0.2, 0.25) is 0 Å². The monoisotopic (exact) mass is 540 g/mol. The third kappa shape index (κ3) is 8.59. The van der Waals surface area contributed by atoms with E-state index in [0.717, 1.165) is 39.3 Å². The van der Waals surface area contributed by atoms with Crippen LogP contribution in [0.4, 0.5) is 0 Å². The van der Waals surface area contributed by atoms with Crippen LogP contribution in [0, 0.1) is 0 Å². The van der Waals surface area contributed by atoms with Gasteiger partial charge in [0.15, 0.2) is 0 Å². The lowest BCUT2D eigenvalue weighted by molar-refractivity contribution is 0.229. The van der Waals surface area contributed by atoms with Crippen molar-refractivity contribution in [3.8, 4) is 0 Å². The number of nitrogens with zero attached hydrogens (tertiary/aromatic N) is 2. The van der Waals surface area contributed by atoms with Gasteiger partial charge in [-0.1, -0.05) is 135 Å². The molecule has 0 spiro atoms. The standard InChI is InChI=1S/C34H42N2P2/c1-3-35(4-2)25-26-36(27-29-37(31-17-9-5-10-18-31)32-19-11-6-12-20-32)28-30-38(33-21-13-7-14-22-33)34-23-15-8-16-24-34/h5-24H,3-4,25-30H2,1-2H3. The van der Waals surface area contributed by atoms with Crippen molar-refractivity contribution in [1.29, 1.82) is 0 Å². The van der Waals surface area contributed by atoms with E-state index in [1.54, 1.807) is 0 Å². The van der Waals surface area contributed by atoms with Crippen molar-refractivity contribution in [3.63, 3.8) is 0 Å². The van der Waals surface area contributed by atoms with Gasteiger partial charge in [-0.25, -0.2) is 0 Å². The summed E-state index contributed by atoms with van der Waals surface area (Å²) in [5, 5.41) is 5.92. The molecule has 2 nitrogen and oxygen atoms in total. The molecule has 0 amide bonds. The molecule has 0 saturated carbocycles. The maximum Gasteiger partial charge on any atom is 0.0110 e. The largest absolute Gasteiger partial charge is 0.303 e. The van der Waals surface area contributed by atoms with Crippen LogP contribution in [0.25, 0.3) is 0 Å². The molecule has 0 aromatic heterocycles. The lowest BCUT2D eigenvalue weighted by Gasteiger charge is -2.30. The maximum atomic E-state index is 2.75. The van der Waals surface area contributed by atoms with Crippen LogP contribution in [0.5, 0.6) is 0 Å². The van der Waals surface area contributed by atoms with Gasteiger partial charge in [-0.3, -0.25) is 0 Å². The van der Waals surface area contributed by atoms with Crippen molar-refractivity contribution < 1.29 is 0 Å². The van der Waals surface area contributed by atoms with E-state index in [1.807, 2.05) is 0 Å². The summed E-state index contributed by atoms with van der Waals surface area (Å²) in [5.41, 5.74) is 0. The van der Waals surface area contributed by atoms with Gasteiger partial charge < -0.3 is 9.80 Å². The minimum absolute atomic E-state index is 0.380. The Kier molecular flexibility index (Phi) is 12.0. The minimum atomic E-state index is -0.380. The fourth-order valence-corrected chi connectivity index (χ4v) is 9.61. The summed E-state index contributed by atoms with van der Waals surface area (Å²) in [4.78, 5) is 5.31. The third-order valence-electron chi connectivity index (χ3n) is 7.18. The van der Waals surface area contributed by atoms with E-state index >= 15 is 0 Å². The molecule has 0 radical (unpaired) electrons. The van der Waals surface area contributed by atoms with Gasteiger partial charge in [0.1, 0.15) is 0 Å². The van der Waals surface area contributed by atoms with E-state index in [-0.39, 0.29) is 15.8 Å². The quantitative estimate of drug-likeness (QED) is 0.173. The van der Waals surface area contributed by atoms with E-state index in [4.69, 9.17) is 0 Å². The molecule has 4 aromatic rings. The average molecular weight is 541 g/mol. The molecule has 0 aliphatic heterocycles. The van der Waals surface area contributed by atoms with Gasteiger partial charge in [-0.2, -0.15) is 0 Å². The molecular formula is C34H42N2P2. The second kappa shape index (κ2) is 15.9. The van der Waals surface area contributed by atoms with Crippen LogP contribution in [0.15, 0.2) is 121 Å². The summed E-state index contributed by atoms with van der Waals surface area (Å²) >= 11 is 0. The molecule has 198 valence electrons. The molecule has 0 atom stereocenters. The first-order chi connectivity index (χ1) is 18.8. The van der Waals surface area contributed by atoms with Crippen molar-refractivity contribution in [2.45, 2.75) is 13.8 Å². The number of hydrogen-bond donors (Lipinski definition) is 0. The van der Waals surface area contributed by atoms with Crippen molar-refractivity contribution in [1.82, 2.24) is 9.80 Å². The zero-order valence-electron chi connectivity index (χ0n) is 23.0. The van der Waals surface area contributed by atoms with E-state index in [2.05, 4.69) is 145 Å². The van der Waals surface area contributed by atoms with Crippen LogP contribution < -0.4 is 21.2 Å². The van der Waals surface area contributed by atoms with Gasteiger partial charge >= 0.3 is 0 Å². The second-order valence-corrected chi connectivity index (χ2v) is 14.2. The van der Waals surface area contributed by atoms with Crippen LogP contribution in [-0.2, 0) is 0 Å². The first-order valence-electron chi connectivity index (χ1n) is 14.0. The Morgan fingerprint density at radius 1 is 0.395 bits per heavy atom. The molecule has 0 unspecified atom stereocenters. The molecule has 0 aliphatic carbocycles. The Hall–Kier alpha value is -2.34. The van der Waals surface area contributed by atoms with Gasteiger partial charge in [0.25, 0.3) is 0 Å². The van der Waals surface area contributed by atoms with Crippen LogP contribution in [0.1, 0.15) is 13.8 Å². The number of hydrogen-bond acceptors (Lipinski definition) is 2. The first kappa shape index (κ1) is 28.7. The summed E-state index contributed by atoms with van der Waals surface area (Å²) < 4.78 is 0. The second-order valence-electron chi connectivity index (χ2n) is 9.51. The smallest absolute Gasteiger partial charge is 0.0110 e. The fourth-order valence-electron chi connectivity index (χ4n) is 4.89. The van der Waals surface area contributed by atoms with Crippen LogP contribution >= 0.6 is 15.8 Å². The zero-order chi connectivity index (χ0) is 26.4. The number of likely N-dealkylation sites (N-methyl/N-ethyl adjacent to an activating group) is 1. The Labute approximate surface area is 233 Å². The van der Waals surface area contributed by atoms with Gasteiger partial charge in [0.05, 0.1) is 0 Å². The lowest BCUT2D eigenvalue weighted by Crippen LogP contribution is -2.38. The lowest BCUT2D eigenvalue weighted by atomic mass is 10.4. The summed E-state index contributed by atoms with van der Waals surface area (Å²) in [5.74, 6) is 0. The molecular weight excluding hydrogens is 498 g/mol. The van der Waals surface area contributed by atoms with E-state index < -0.39 is 0 Å². The molecule has 0 aliphatic rings. The molecule has 4 heteroatoms. The van der Waals surface area contributed by atoms with E-state index in [9.17, 15) is 0 Å². The highest BCUT2D eigenvalue weighted by Gasteiger charge is 2.19. The van der Waals surface area contributed by atoms with Crippen LogP contribution in [0.3, 0.4) is 0 Å². The normalized spacial score (nSPS) is 11.6. The molecule has 0 saturated heterocycles. The van der Waals surface area contributed by atoms with E-state index in [1.165, 1.54) is 33.5 Å². The molecule has 38 heavy (non-hydrogen) atoms. The predicted octanol–water partition coefficient (Wildman–Crippen LogP) is 5.90. The van der Waals surface area contributed by atoms with Gasteiger partial charge in [-0.05, 0) is 62.5 Å². The van der Waals surface area contributed by atoms with Crippen molar-refractivity contribution >= 4 is 37.1 Å². The molecule has 4 rings (SSSR count). The minimum Gasteiger partial charge on any atom is -0.303 e. The van der Waals surface area contributed by atoms with Crippen molar-refractivity contribution in [3.05, 3.63) is 121 Å². The molecule has 0 N–H and O–H groups in total. The molecule has 4 aromatic carbocycles. The summed E-state index contributed by atoms with van der Waals surface area (Å²) in [6, 6.07) is 44.7. The van der Waals surface area contributed by atoms with Gasteiger partial charge in [-0.15, -0.1) is 0 Å². The maximum absolute atomic E-state index is 2.75. The average Bonchev–Trinajstić information content (AvgIpc) is 2.99. The Bertz CT molecular complexity index is 986. The van der Waals surface area contributed by atoms with Gasteiger partial charge in [0.2, 0.25) is 0 Å². The topological polar surface area (TPSA) is 6.48 Å². The van der Waals surface area contributed by atoms with Crippen molar-refractivity contribution in [2.75, 3.05) is 51.6 Å². The van der Waals surface area contributed by atoms with Gasteiger partial charge in [0, 0.05) is 26.2 Å². The van der Waals surface area contributed by atoms with Crippen molar-refractivity contribution in [2.24, 2.45) is 0 Å². The molecule has 0 heterocycles. The highest BCUT2D eigenvalue weighted by molar-refractivity contribution is 7.73. The Morgan fingerprint density at radius 2 is 0.684 bits per heavy atom. The predicted molar refractivity (Wildman–Crippen MR) is 172 cm³/mol. The number of rotatable bonds is 15. The SMILES string of the molecule is CCN(CC)CCN(CCP(c1ccccc1)c1ccccc1)CCP(c1ccccc1)c1ccccc1. The fraction of sp³-hybridized carbons (Fsp3) is 0.294. The Morgan fingerprint density at radius 3 is 0.974 bits per heavy atom. The van der Waals surface area contributed by atoms with Crippen LogP contribution in [-0.4, -0.2) is 61.4 Å². The molecule has 0 bridgehead atoms. The summed E-state index contributed by atoms with van der Waals surface area (Å²) in [6.07, 6.45) is 2.38. The zero-order valence-corrected chi connectivity index (χ0v) is 24.8.